The number of nitrogens with zero attached hydrogens (tertiary/aromatic N) is 5. The topological polar surface area (TPSA) is 73.7 Å². The van der Waals surface area contributed by atoms with Crippen molar-refractivity contribution in [2.45, 2.75) is 0 Å². The van der Waals surface area contributed by atoms with Crippen molar-refractivity contribution in [3.8, 4) is 22.8 Å². The third kappa shape index (κ3) is 4.52. The molecule has 10 bridgehead atoms. The van der Waals surface area contributed by atoms with E-state index in [2.05, 4.69) is 106 Å². The zero-order valence-electron chi connectivity index (χ0n) is 25.3. The second-order valence-electron chi connectivity index (χ2n) is 11.9. The van der Waals surface area contributed by atoms with Crippen LogP contribution in [0.3, 0.4) is 0 Å². The number of fused-ring (bicyclic) bond motifs is 11. The summed E-state index contributed by atoms with van der Waals surface area (Å²) in [6.45, 7) is 0. The Morgan fingerprint density at radius 1 is 0.500 bits per heavy atom. The first kappa shape index (κ1) is 26.9. The molecule has 0 saturated carbocycles. The first-order chi connectivity index (χ1) is 23.7. The van der Waals surface area contributed by atoms with Crippen molar-refractivity contribution >= 4 is 85.9 Å². The standard InChI is InChI=1S/C41H23N5OS/c1-3-26-15-30(5-1)41-46-40-39(48-41)38(44-23-45-40)32-16-31(28-12-10-25-8-7-24-9-11-27(26)20-35(24)36(25)21-28)18-34(19-32)47-33-6-2-4-29(17-33)37-13-14-42-22-43-37/h1-23H. The lowest BCUT2D eigenvalue weighted by atomic mass is 9.98. The average molecular weight is 634 g/mol. The highest BCUT2D eigenvalue weighted by molar-refractivity contribution is 7.25. The summed E-state index contributed by atoms with van der Waals surface area (Å²) in [7, 11) is 0. The Morgan fingerprint density at radius 2 is 1.21 bits per heavy atom. The molecule has 0 aliphatic carbocycles. The van der Waals surface area contributed by atoms with Crippen LogP contribution in [0.2, 0.25) is 0 Å². The second kappa shape index (κ2) is 10.6. The number of benzene rings is 6. The van der Waals surface area contributed by atoms with Crippen LogP contribution < -0.4 is 4.74 Å². The van der Waals surface area contributed by atoms with E-state index >= 15 is 0 Å². The molecule has 6 nitrogen and oxygen atoms in total. The fourth-order valence-corrected chi connectivity index (χ4v) is 7.63. The van der Waals surface area contributed by atoms with Crippen molar-refractivity contribution in [3.63, 3.8) is 0 Å². The molecular weight excluding hydrogens is 611 g/mol. The Balaban J connectivity index is 1.31. The molecule has 0 aliphatic rings. The van der Waals surface area contributed by atoms with Crippen LogP contribution in [0.4, 0.5) is 0 Å². The van der Waals surface area contributed by atoms with Crippen molar-refractivity contribution < 1.29 is 4.74 Å². The van der Waals surface area contributed by atoms with Crippen molar-refractivity contribution in [2.75, 3.05) is 0 Å². The Bertz CT molecular complexity index is 2940. The van der Waals surface area contributed by atoms with E-state index in [1.807, 2.05) is 30.3 Å². The molecule has 4 aromatic heterocycles. The molecule has 0 spiro atoms. The quantitative estimate of drug-likeness (QED) is 0.180. The molecule has 0 N–H and O–H groups in total. The number of thiazole rings is 1. The molecule has 0 radical (unpaired) electrons. The summed E-state index contributed by atoms with van der Waals surface area (Å²) in [6, 6.07) is 42.6. The highest BCUT2D eigenvalue weighted by Gasteiger charge is 2.11. The van der Waals surface area contributed by atoms with Gasteiger partial charge in [-0.25, -0.2) is 24.9 Å². The van der Waals surface area contributed by atoms with Gasteiger partial charge in [-0.05, 0) is 97.7 Å². The van der Waals surface area contributed by atoms with Crippen molar-refractivity contribution in [3.05, 3.63) is 140 Å². The maximum absolute atomic E-state index is 6.62. The van der Waals surface area contributed by atoms with E-state index in [4.69, 9.17) is 14.7 Å². The van der Waals surface area contributed by atoms with Crippen LogP contribution in [0.1, 0.15) is 0 Å². The maximum atomic E-state index is 6.62. The summed E-state index contributed by atoms with van der Waals surface area (Å²) in [5.74, 6) is 1.41. The van der Waals surface area contributed by atoms with E-state index < -0.39 is 0 Å². The molecule has 0 saturated heterocycles. The average Bonchev–Trinajstić information content (AvgIpc) is 3.59. The van der Waals surface area contributed by atoms with Crippen LogP contribution in [-0.2, 0) is 0 Å². The molecule has 6 aromatic carbocycles. The molecular formula is C41H23N5OS. The van der Waals surface area contributed by atoms with Gasteiger partial charge < -0.3 is 4.74 Å². The van der Waals surface area contributed by atoms with Gasteiger partial charge in [0.05, 0.1) is 11.2 Å². The van der Waals surface area contributed by atoms with Gasteiger partial charge in [0.1, 0.15) is 33.7 Å². The normalized spacial score (nSPS) is 11.8. The van der Waals surface area contributed by atoms with Crippen molar-refractivity contribution in [2.24, 2.45) is 0 Å². The number of ether oxygens (including phenoxy) is 1. The van der Waals surface area contributed by atoms with Gasteiger partial charge in [-0.15, -0.1) is 11.3 Å². The van der Waals surface area contributed by atoms with E-state index in [-0.39, 0.29) is 0 Å². The van der Waals surface area contributed by atoms with Gasteiger partial charge in [-0.2, -0.15) is 0 Å². The van der Waals surface area contributed by atoms with Crippen molar-refractivity contribution in [1.29, 1.82) is 0 Å². The lowest BCUT2D eigenvalue weighted by Crippen LogP contribution is -1.88. The summed E-state index contributed by atoms with van der Waals surface area (Å²) in [5, 5.41) is 11.2. The molecule has 0 amide bonds. The van der Waals surface area contributed by atoms with Crippen LogP contribution in [0.25, 0.3) is 85.8 Å². The van der Waals surface area contributed by atoms with Gasteiger partial charge >= 0.3 is 0 Å². The largest absolute Gasteiger partial charge is 0.457 e. The summed E-state index contributed by atoms with van der Waals surface area (Å²) >= 11 is 1.61. The molecule has 4 heterocycles. The lowest BCUT2D eigenvalue weighted by Gasteiger charge is -2.10. The lowest BCUT2D eigenvalue weighted by molar-refractivity contribution is 0.484. The number of hydrogen-bond donors (Lipinski definition) is 0. The monoisotopic (exact) mass is 633 g/mol. The van der Waals surface area contributed by atoms with Crippen LogP contribution in [0.5, 0.6) is 11.5 Å². The Morgan fingerprint density at radius 3 is 2.02 bits per heavy atom. The fourth-order valence-electron chi connectivity index (χ4n) is 6.60. The third-order valence-corrected chi connectivity index (χ3v) is 10.0. The number of rotatable bonds is 3. The Kier molecular flexibility index (Phi) is 5.94. The highest BCUT2D eigenvalue weighted by Crippen LogP contribution is 2.36. The zero-order chi connectivity index (χ0) is 31.6. The molecule has 0 atom stereocenters. The predicted molar refractivity (Wildman–Crippen MR) is 197 cm³/mol. The summed E-state index contributed by atoms with van der Waals surface area (Å²) in [5.41, 5.74) is 3.28. The van der Waals surface area contributed by atoms with E-state index in [1.54, 1.807) is 30.2 Å². The zero-order valence-corrected chi connectivity index (χ0v) is 26.1. The molecule has 10 rings (SSSR count). The van der Waals surface area contributed by atoms with Crippen molar-refractivity contribution in [1.82, 2.24) is 24.9 Å². The van der Waals surface area contributed by atoms with E-state index in [0.29, 0.717) is 17.1 Å². The first-order valence-electron chi connectivity index (χ1n) is 15.6. The molecule has 10 aromatic rings. The van der Waals surface area contributed by atoms with Gasteiger partial charge in [0.25, 0.3) is 0 Å². The van der Waals surface area contributed by atoms with Gasteiger partial charge in [0, 0.05) is 22.5 Å². The predicted octanol–water partition coefficient (Wildman–Crippen LogP) is 10.8. The van der Waals surface area contributed by atoms with Crippen LogP contribution in [-0.4, -0.2) is 24.9 Å². The van der Waals surface area contributed by atoms with Crippen LogP contribution in [0, 0.1) is 0 Å². The highest BCUT2D eigenvalue weighted by atomic mass is 32.1. The van der Waals surface area contributed by atoms with Gasteiger partial charge in [-0.1, -0.05) is 66.7 Å². The van der Waals surface area contributed by atoms with Crippen LogP contribution >= 0.6 is 11.3 Å². The molecule has 224 valence electrons. The second-order valence-corrected chi connectivity index (χ2v) is 12.9. The summed E-state index contributed by atoms with van der Waals surface area (Å²) in [4.78, 5) is 23.8. The summed E-state index contributed by atoms with van der Waals surface area (Å²) < 4.78 is 7.55. The molecule has 0 aliphatic heterocycles. The van der Waals surface area contributed by atoms with E-state index in [9.17, 15) is 0 Å². The molecule has 0 fully saturated rings. The third-order valence-electron chi connectivity index (χ3n) is 8.93. The van der Waals surface area contributed by atoms with Gasteiger partial charge in [0.2, 0.25) is 0 Å². The minimum atomic E-state index is 0.676. The minimum absolute atomic E-state index is 0.676. The molecule has 0 unspecified atom stereocenters. The SMILES string of the molecule is c1cc(Oc2cc3cc(c2)c2ncnc4nc(sc42)c2cccc(c2)c2ccc4ccc5ccc3cc5c4c2)cc(-c2ccncn2)c1. The smallest absolute Gasteiger partial charge is 0.174 e. The summed E-state index contributed by atoms with van der Waals surface area (Å²) in [6.07, 6.45) is 4.90. The maximum Gasteiger partial charge on any atom is 0.174 e. The van der Waals surface area contributed by atoms with Gasteiger partial charge in [0.15, 0.2) is 5.65 Å². The van der Waals surface area contributed by atoms with E-state index in [0.717, 1.165) is 58.6 Å². The Labute approximate surface area is 277 Å². The molecule has 48 heavy (non-hydrogen) atoms. The van der Waals surface area contributed by atoms with Gasteiger partial charge in [-0.3, -0.25) is 0 Å². The molecule has 7 heteroatoms. The van der Waals surface area contributed by atoms with E-state index in [1.165, 1.54) is 21.5 Å². The minimum Gasteiger partial charge on any atom is -0.457 e. The Hall–Kier alpha value is -6.31. The number of aromatic nitrogens is 5. The first-order valence-corrected chi connectivity index (χ1v) is 16.4. The fraction of sp³-hybridized carbons (Fsp3) is 0. The van der Waals surface area contributed by atoms with Crippen LogP contribution in [0.15, 0.2) is 140 Å². The number of hydrogen-bond acceptors (Lipinski definition) is 7.